The molecule has 0 saturated heterocycles. The van der Waals surface area contributed by atoms with Gasteiger partial charge in [-0.2, -0.15) is 0 Å². The monoisotopic (exact) mass is 370 g/mol. The van der Waals surface area contributed by atoms with Crippen molar-refractivity contribution in [1.29, 1.82) is 0 Å². The molecule has 0 bridgehead atoms. The zero-order chi connectivity index (χ0) is 17.7. The van der Waals surface area contributed by atoms with Crippen molar-refractivity contribution in [1.82, 2.24) is 10.3 Å². The Labute approximate surface area is 144 Å². The van der Waals surface area contributed by atoms with E-state index in [1.54, 1.807) is 26.0 Å². The standard InChI is InChI=1S/C16H19FN2O3S2/c1-3-24(21,22)10-11(2)19-16(20)14-9-18-15(23-14)8-12-4-6-13(17)7-5-12/h4-7,9,11H,3,8,10H2,1-2H3,(H,19,20). The van der Waals surface area contributed by atoms with Crippen molar-refractivity contribution < 1.29 is 17.6 Å². The fraction of sp³-hybridized carbons (Fsp3) is 0.375. The van der Waals surface area contributed by atoms with Gasteiger partial charge in [0.15, 0.2) is 9.84 Å². The summed E-state index contributed by atoms with van der Waals surface area (Å²) in [4.78, 5) is 16.8. The molecule has 0 aliphatic carbocycles. The third-order valence-electron chi connectivity index (χ3n) is 3.37. The summed E-state index contributed by atoms with van der Waals surface area (Å²) in [5.41, 5.74) is 0.903. The summed E-state index contributed by atoms with van der Waals surface area (Å²) in [6.45, 7) is 3.24. The summed E-state index contributed by atoms with van der Waals surface area (Å²) < 4.78 is 36.0. The number of thiazole rings is 1. The van der Waals surface area contributed by atoms with Crippen LogP contribution in [-0.2, 0) is 16.3 Å². The van der Waals surface area contributed by atoms with Gasteiger partial charge in [-0.15, -0.1) is 11.3 Å². The summed E-state index contributed by atoms with van der Waals surface area (Å²) in [6.07, 6.45) is 1.98. The van der Waals surface area contributed by atoms with Gasteiger partial charge in [-0.3, -0.25) is 4.79 Å². The van der Waals surface area contributed by atoms with Crippen LogP contribution in [0.15, 0.2) is 30.5 Å². The average molecular weight is 370 g/mol. The van der Waals surface area contributed by atoms with Gasteiger partial charge in [0.1, 0.15) is 10.7 Å². The van der Waals surface area contributed by atoms with Gasteiger partial charge in [0.2, 0.25) is 0 Å². The average Bonchev–Trinajstić information content (AvgIpc) is 2.97. The van der Waals surface area contributed by atoms with Crippen LogP contribution in [0.4, 0.5) is 4.39 Å². The molecule has 0 aliphatic heterocycles. The van der Waals surface area contributed by atoms with E-state index in [2.05, 4.69) is 10.3 Å². The van der Waals surface area contributed by atoms with Crippen LogP contribution in [0.1, 0.15) is 34.1 Å². The fourth-order valence-corrected chi connectivity index (χ4v) is 4.05. The van der Waals surface area contributed by atoms with E-state index in [0.29, 0.717) is 11.3 Å². The van der Waals surface area contributed by atoms with Crippen molar-refractivity contribution in [3.8, 4) is 0 Å². The van der Waals surface area contributed by atoms with Crippen molar-refractivity contribution in [3.63, 3.8) is 0 Å². The molecule has 2 rings (SSSR count). The molecule has 1 aromatic carbocycles. The van der Waals surface area contributed by atoms with E-state index < -0.39 is 15.9 Å². The molecule has 0 radical (unpaired) electrons. The van der Waals surface area contributed by atoms with Crippen molar-refractivity contribution in [2.75, 3.05) is 11.5 Å². The summed E-state index contributed by atoms with van der Waals surface area (Å²) in [5.74, 6) is -0.669. The van der Waals surface area contributed by atoms with E-state index >= 15 is 0 Å². The molecule has 8 heteroatoms. The predicted molar refractivity (Wildman–Crippen MR) is 92.6 cm³/mol. The minimum atomic E-state index is -3.14. The molecule has 24 heavy (non-hydrogen) atoms. The first-order valence-electron chi connectivity index (χ1n) is 7.49. The molecule has 130 valence electrons. The molecule has 1 N–H and O–H groups in total. The number of carbonyl (C=O) groups excluding carboxylic acids is 1. The van der Waals surface area contributed by atoms with Gasteiger partial charge < -0.3 is 5.32 Å². The number of hydrogen-bond acceptors (Lipinski definition) is 5. The quantitative estimate of drug-likeness (QED) is 0.812. The van der Waals surface area contributed by atoms with E-state index in [1.165, 1.54) is 29.7 Å². The van der Waals surface area contributed by atoms with Crippen molar-refractivity contribution >= 4 is 27.1 Å². The van der Waals surface area contributed by atoms with E-state index in [-0.39, 0.29) is 23.2 Å². The molecule has 1 heterocycles. The van der Waals surface area contributed by atoms with Gasteiger partial charge in [0.05, 0.1) is 17.0 Å². The highest BCUT2D eigenvalue weighted by molar-refractivity contribution is 7.91. The van der Waals surface area contributed by atoms with Crippen LogP contribution < -0.4 is 5.32 Å². The number of benzene rings is 1. The maximum Gasteiger partial charge on any atom is 0.263 e. The number of nitrogens with zero attached hydrogens (tertiary/aromatic N) is 1. The third-order valence-corrected chi connectivity index (χ3v) is 6.25. The Morgan fingerprint density at radius 2 is 2.00 bits per heavy atom. The van der Waals surface area contributed by atoms with Gasteiger partial charge in [-0.25, -0.2) is 17.8 Å². The lowest BCUT2D eigenvalue weighted by Gasteiger charge is -2.12. The zero-order valence-electron chi connectivity index (χ0n) is 13.5. The first-order valence-corrected chi connectivity index (χ1v) is 10.1. The van der Waals surface area contributed by atoms with E-state index in [1.807, 2.05) is 0 Å². The molecule has 1 atom stereocenters. The summed E-state index contributed by atoms with van der Waals surface area (Å²) in [6, 6.07) is 5.64. The van der Waals surface area contributed by atoms with Gasteiger partial charge in [0, 0.05) is 18.2 Å². The molecule has 0 spiro atoms. The van der Waals surface area contributed by atoms with Crippen molar-refractivity contribution in [2.45, 2.75) is 26.3 Å². The van der Waals surface area contributed by atoms with Crippen LogP contribution in [0, 0.1) is 5.82 Å². The second-order valence-corrected chi connectivity index (χ2v) is 9.01. The van der Waals surface area contributed by atoms with Crippen molar-refractivity contribution in [2.24, 2.45) is 0 Å². The van der Waals surface area contributed by atoms with E-state index in [4.69, 9.17) is 0 Å². The molecular weight excluding hydrogens is 351 g/mol. The van der Waals surface area contributed by atoms with Crippen LogP contribution in [-0.4, -0.2) is 36.9 Å². The number of nitrogens with one attached hydrogen (secondary N) is 1. The molecular formula is C16H19FN2O3S2. The summed E-state index contributed by atoms with van der Waals surface area (Å²) >= 11 is 1.24. The van der Waals surface area contributed by atoms with Crippen LogP contribution in [0.5, 0.6) is 0 Å². The fourth-order valence-electron chi connectivity index (χ4n) is 2.11. The van der Waals surface area contributed by atoms with Crippen LogP contribution in [0.3, 0.4) is 0 Å². The van der Waals surface area contributed by atoms with Gasteiger partial charge >= 0.3 is 0 Å². The lowest BCUT2D eigenvalue weighted by atomic mass is 10.2. The lowest BCUT2D eigenvalue weighted by Crippen LogP contribution is -2.37. The highest BCUT2D eigenvalue weighted by Gasteiger charge is 2.18. The molecule has 2 aromatic rings. The summed E-state index contributed by atoms with van der Waals surface area (Å²) in [5, 5.41) is 3.41. The molecule has 1 aromatic heterocycles. The Morgan fingerprint density at radius 3 is 2.62 bits per heavy atom. The molecule has 0 saturated carbocycles. The van der Waals surface area contributed by atoms with Crippen LogP contribution in [0.2, 0.25) is 0 Å². The highest BCUT2D eigenvalue weighted by atomic mass is 32.2. The molecule has 0 fully saturated rings. The second kappa shape index (κ2) is 7.85. The molecule has 0 aliphatic rings. The van der Waals surface area contributed by atoms with Gasteiger partial charge in [-0.1, -0.05) is 19.1 Å². The second-order valence-electron chi connectivity index (χ2n) is 5.49. The number of carbonyl (C=O) groups is 1. The largest absolute Gasteiger partial charge is 0.348 e. The number of amides is 1. The number of aromatic nitrogens is 1. The van der Waals surface area contributed by atoms with Gasteiger partial charge in [0.25, 0.3) is 5.91 Å². The van der Waals surface area contributed by atoms with Crippen LogP contribution >= 0.6 is 11.3 Å². The van der Waals surface area contributed by atoms with E-state index in [0.717, 1.165) is 10.6 Å². The SMILES string of the molecule is CCS(=O)(=O)CC(C)NC(=O)c1cnc(Cc2ccc(F)cc2)s1. The maximum absolute atomic E-state index is 12.9. The maximum atomic E-state index is 12.9. The Bertz CT molecular complexity index is 801. The molecule has 1 unspecified atom stereocenters. The number of sulfone groups is 1. The lowest BCUT2D eigenvalue weighted by molar-refractivity contribution is 0.0947. The number of hydrogen-bond donors (Lipinski definition) is 1. The smallest absolute Gasteiger partial charge is 0.263 e. The minimum absolute atomic E-state index is 0.0512. The highest BCUT2D eigenvalue weighted by Crippen LogP contribution is 2.17. The Balaban J connectivity index is 1.96. The number of halogens is 1. The predicted octanol–water partition coefficient (Wildman–Crippen LogP) is 2.43. The minimum Gasteiger partial charge on any atom is -0.348 e. The first-order chi connectivity index (χ1) is 11.3. The number of rotatable bonds is 7. The zero-order valence-corrected chi connectivity index (χ0v) is 15.1. The topological polar surface area (TPSA) is 76.1 Å². The summed E-state index contributed by atoms with van der Waals surface area (Å²) in [7, 11) is -3.14. The Kier molecular flexibility index (Phi) is 6.06. The Hall–Kier alpha value is -1.80. The Morgan fingerprint density at radius 1 is 1.33 bits per heavy atom. The van der Waals surface area contributed by atoms with E-state index in [9.17, 15) is 17.6 Å². The molecule has 1 amide bonds. The molecule has 5 nitrogen and oxygen atoms in total. The van der Waals surface area contributed by atoms with Gasteiger partial charge in [-0.05, 0) is 24.6 Å². The third kappa shape index (κ3) is 5.38. The van der Waals surface area contributed by atoms with Crippen molar-refractivity contribution in [3.05, 3.63) is 51.7 Å². The van der Waals surface area contributed by atoms with Crippen LogP contribution in [0.25, 0.3) is 0 Å². The normalized spacial score (nSPS) is 12.8. The first kappa shape index (κ1) is 18.5.